The normalized spacial score (nSPS) is 20.6. The maximum atomic E-state index is 14.1. The minimum Gasteiger partial charge on any atom is -0.170 e. The minimum absolute atomic E-state index is 0.205. The van der Waals surface area contributed by atoms with Crippen LogP contribution in [0.5, 0.6) is 0 Å². The van der Waals surface area contributed by atoms with Crippen LogP contribution in [0.4, 0.5) is 13.2 Å². The SMILES string of the molecule is CCCCCCCC(CCCCCC)C(C)(C(F)(F)F)C1(C)CC1. The van der Waals surface area contributed by atoms with Gasteiger partial charge in [-0.3, -0.25) is 0 Å². The highest BCUT2D eigenvalue weighted by Gasteiger charge is 2.68. The predicted molar refractivity (Wildman–Crippen MR) is 97.1 cm³/mol. The number of rotatable bonds is 13. The number of hydrogen-bond donors (Lipinski definition) is 0. The van der Waals surface area contributed by atoms with Gasteiger partial charge in [0.2, 0.25) is 0 Å². The molecule has 0 radical (unpaired) electrons. The maximum Gasteiger partial charge on any atom is 0.395 e. The van der Waals surface area contributed by atoms with Crippen molar-refractivity contribution in [1.29, 1.82) is 0 Å². The van der Waals surface area contributed by atoms with Gasteiger partial charge in [0.05, 0.1) is 5.41 Å². The lowest BCUT2D eigenvalue weighted by Gasteiger charge is -2.45. The summed E-state index contributed by atoms with van der Waals surface area (Å²) in [5.74, 6) is -0.205. The van der Waals surface area contributed by atoms with Crippen molar-refractivity contribution >= 4 is 0 Å². The third kappa shape index (κ3) is 5.39. The van der Waals surface area contributed by atoms with E-state index in [1.165, 1.54) is 26.2 Å². The number of halogens is 3. The fourth-order valence-corrected chi connectivity index (χ4v) is 4.31. The van der Waals surface area contributed by atoms with Gasteiger partial charge in [0, 0.05) is 0 Å². The fourth-order valence-electron chi connectivity index (χ4n) is 4.31. The molecular formula is C21H39F3. The van der Waals surface area contributed by atoms with Gasteiger partial charge < -0.3 is 0 Å². The van der Waals surface area contributed by atoms with Gasteiger partial charge in [-0.05, 0) is 37.0 Å². The Morgan fingerprint density at radius 1 is 0.792 bits per heavy atom. The fraction of sp³-hybridized carbons (Fsp3) is 1.00. The summed E-state index contributed by atoms with van der Waals surface area (Å²) in [5, 5.41) is 0. The van der Waals surface area contributed by atoms with Crippen LogP contribution in [-0.2, 0) is 0 Å². The van der Waals surface area contributed by atoms with E-state index in [4.69, 9.17) is 0 Å². The Morgan fingerprint density at radius 2 is 1.21 bits per heavy atom. The second kappa shape index (κ2) is 9.48. The van der Waals surface area contributed by atoms with Gasteiger partial charge in [-0.2, -0.15) is 13.2 Å². The molecule has 1 rings (SSSR count). The van der Waals surface area contributed by atoms with Crippen LogP contribution in [-0.4, -0.2) is 6.18 Å². The average molecular weight is 349 g/mol. The highest BCUT2D eigenvalue weighted by Crippen LogP contribution is 2.68. The van der Waals surface area contributed by atoms with Crippen molar-refractivity contribution < 1.29 is 13.2 Å². The molecule has 0 aromatic carbocycles. The highest BCUT2D eigenvalue weighted by molar-refractivity contribution is 5.08. The largest absolute Gasteiger partial charge is 0.395 e. The van der Waals surface area contributed by atoms with E-state index < -0.39 is 17.0 Å². The van der Waals surface area contributed by atoms with Gasteiger partial charge >= 0.3 is 6.18 Å². The van der Waals surface area contributed by atoms with Gasteiger partial charge in [-0.1, -0.05) is 85.5 Å². The first-order chi connectivity index (χ1) is 11.2. The zero-order chi connectivity index (χ0) is 18.3. The van der Waals surface area contributed by atoms with Gasteiger partial charge in [0.25, 0.3) is 0 Å². The minimum atomic E-state index is -4.09. The molecule has 0 aliphatic heterocycles. The molecule has 0 saturated heterocycles. The maximum absolute atomic E-state index is 14.1. The third-order valence-corrected chi connectivity index (χ3v) is 6.72. The molecule has 0 bridgehead atoms. The summed E-state index contributed by atoms with van der Waals surface area (Å²) in [5.41, 5.74) is -2.03. The molecule has 0 aromatic rings. The van der Waals surface area contributed by atoms with Crippen molar-refractivity contribution in [1.82, 2.24) is 0 Å². The molecule has 24 heavy (non-hydrogen) atoms. The molecule has 0 N–H and O–H groups in total. The molecule has 0 aromatic heterocycles. The molecule has 2 atom stereocenters. The number of alkyl halides is 3. The van der Waals surface area contributed by atoms with Crippen LogP contribution in [0.3, 0.4) is 0 Å². The molecule has 0 spiro atoms. The van der Waals surface area contributed by atoms with Crippen LogP contribution in [0, 0.1) is 16.7 Å². The topological polar surface area (TPSA) is 0 Å². The van der Waals surface area contributed by atoms with Crippen molar-refractivity contribution in [3.8, 4) is 0 Å². The van der Waals surface area contributed by atoms with Crippen LogP contribution in [0.2, 0.25) is 0 Å². The lowest BCUT2D eigenvalue weighted by atomic mass is 9.62. The summed E-state index contributed by atoms with van der Waals surface area (Å²) in [6, 6.07) is 0. The second-order valence-electron chi connectivity index (χ2n) is 8.51. The summed E-state index contributed by atoms with van der Waals surface area (Å²) in [6.45, 7) is 7.73. The van der Waals surface area contributed by atoms with Crippen molar-refractivity contribution in [3.63, 3.8) is 0 Å². The summed E-state index contributed by atoms with van der Waals surface area (Å²) >= 11 is 0. The third-order valence-electron chi connectivity index (χ3n) is 6.72. The van der Waals surface area contributed by atoms with Crippen molar-refractivity contribution in [2.75, 3.05) is 0 Å². The van der Waals surface area contributed by atoms with Crippen LogP contribution in [0.1, 0.15) is 111 Å². The molecule has 1 aliphatic rings. The summed E-state index contributed by atoms with van der Waals surface area (Å²) in [6.07, 6.45) is 8.80. The standard InChI is InChI=1S/C21H39F3/c1-5-7-9-11-13-15-18(14-12-10-8-6-2)20(4,21(22,23)24)19(3)16-17-19/h18H,5-17H2,1-4H3. The van der Waals surface area contributed by atoms with Crippen molar-refractivity contribution in [2.24, 2.45) is 16.7 Å². The molecule has 0 nitrogen and oxygen atoms in total. The smallest absolute Gasteiger partial charge is 0.170 e. The van der Waals surface area contributed by atoms with Crippen molar-refractivity contribution in [3.05, 3.63) is 0 Å². The monoisotopic (exact) mass is 348 g/mol. The van der Waals surface area contributed by atoms with Gasteiger partial charge in [0.15, 0.2) is 0 Å². The first-order valence-corrected chi connectivity index (χ1v) is 10.3. The lowest BCUT2D eigenvalue weighted by Crippen LogP contribution is -2.48. The van der Waals surface area contributed by atoms with Crippen molar-refractivity contribution in [2.45, 2.75) is 117 Å². The highest BCUT2D eigenvalue weighted by atomic mass is 19.4. The van der Waals surface area contributed by atoms with E-state index in [1.807, 2.05) is 6.92 Å². The molecule has 1 aliphatic carbocycles. The second-order valence-corrected chi connectivity index (χ2v) is 8.51. The predicted octanol–water partition coefficient (Wildman–Crippen LogP) is 8.30. The molecule has 1 saturated carbocycles. The van der Waals surface area contributed by atoms with Crippen LogP contribution < -0.4 is 0 Å². The van der Waals surface area contributed by atoms with E-state index in [1.54, 1.807) is 0 Å². The van der Waals surface area contributed by atoms with Gasteiger partial charge in [-0.15, -0.1) is 0 Å². The number of unbranched alkanes of at least 4 members (excludes halogenated alkanes) is 7. The quantitative estimate of drug-likeness (QED) is 0.294. The van der Waals surface area contributed by atoms with E-state index >= 15 is 0 Å². The van der Waals surface area contributed by atoms with Gasteiger partial charge in [-0.25, -0.2) is 0 Å². The Bertz CT molecular complexity index is 336. The van der Waals surface area contributed by atoms with E-state index in [2.05, 4.69) is 13.8 Å². The Hall–Kier alpha value is -0.210. The molecule has 0 amide bonds. The Morgan fingerprint density at radius 3 is 1.58 bits per heavy atom. The van der Waals surface area contributed by atoms with Crippen LogP contribution in [0.25, 0.3) is 0 Å². The zero-order valence-electron chi connectivity index (χ0n) is 16.4. The van der Waals surface area contributed by atoms with Gasteiger partial charge in [0.1, 0.15) is 0 Å². The molecule has 0 heterocycles. The van der Waals surface area contributed by atoms with E-state index in [0.29, 0.717) is 0 Å². The molecular weight excluding hydrogens is 309 g/mol. The van der Waals surface area contributed by atoms with E-state index in [9.17, 15) is 13.2 Å². The summed E-state index contributed by atoms with van der Waals surface area (Å²) < 4.78 is 42.3. The average Bonchev–Trinajstić information content (AvgIpc) is 3.26. The van der Waals surface area contributed by atoms with E-state index in [0.717, 1.165) is 64.2 Å². The Kier molecular flexibility index (Phi) is 8.62. The summed E-state index contributed by atoms with van der Waals surface area (Å²) in [4.78, 5) is 0. The zero-order valence-corrected chi connectivity index (χ0v) is 16.4. The molecule has 1 fully saturated rings. The Labute approximate surface area is 148 Å². The van der Waals surface area contributed by atoms with E-state index in [-0.39, 0.29) is 5.92 Å². The molecule has 3 heteroatoms. The first-order valence-electron chi connectivity index (χ1n) is 10.3. The lowest BCUT2D eigenvalue weighted by molar-refractivity contribution is -0.262. The first kappa shape index (κ1) is 21.8. The van der Waals surface area contributed by atoms with Crippen LogP contribution >= 0.6 is 0 Å². The summed E-state index contributed by atoms with van der Waals surface area (Å²) in [7, 11) is 0. The molecule has 144 valence electrons. The molecule has 2 unspecified atom stereocenters. The van der Waals surface area contributed by atoms with Crippen LogP contribution in [0.15, 0.2) is 0 Å². The number of hydrogen-bond acceptors (Lipinski definition) is 0. The Balaban J connectivity index is 2.75.